The molecule has 6 heteroatoms. The van der Waals surface area contributed by atoms with Gasteiger partial charge in [0.25, 0.3) is 0 Å². The van der Waals surface area contributed by atoms with E-state index in [9.17, 15) is 25.2 Å². The van der Waals surface area contributed by atoms with Gasteiger partial charge >= 0.3 is 0 Å². The zero-order chi connectivity index (χ0) is 33.2. The van der Waals surface area contributed by atoms with Gasteiger partial charge in [-0.15, -0.1) is 0 Å². The van der Waals surface area contributed by atoms with Gasteiger partial charge in [-0.1, -0.05) is 180 Å². The van der Waals surface area contributed by atoms with Gasteiger partial charge in [0.1, 0.15) is 12.2 Å². The van der Waals surface area contributed by atoms with Crippen LogP contribution in [0.5, 0.6) is 0 Å². The molecule has 1 amide bonds. The normalized spacial score (nSPS) is 14.5. The topological polar surface area (TPSA) is 110 Å². The lowest BCUT2D eigenvalue weighted by Gasteiger charge is -2.27. The molecule has 0 heterocycles. The molecule has 45 heavy (non-hydrogen) atoms. The molecule has 4 unspecified atom stereocenters. The van der Waals surface area contributed by atoms with Crippen molar-refractivity contribution >= 4 is 5.91 Å². The first-order valence-electron chi connectivity index (χ1n) is 19.6. The van der Waals surface area contributed by atoms with Crippen molar-refractivity contribution in [2.45, 2.75) is 224 Å². The number of hydrogen-bond acceptors (Lipinski definition) is 5. The fraction of sp³-hybridized carbons (Fsp3) is 0.923. The minimum absolute atomic E-state index is 0.367. The van der Waals surface area contributed by atoms with Crippen molar-refractivity contribution in [3.63, 3.8) is 0 Å². The highest BCUT2D eigenvalue weighted by Gasteiger charge is 2.28. The Morgan fingerprint density at radius 3 is 1.31 bits per heavy atom. The highest BCUT2D eigenvalue weighted by Crippen LogP contribution is 2.16. The summed E-state index contributed by atoms with van der Waals surface area (Å²) in [6, 6.07) is -0.994. The van der Waals surface area contributed by atoms with Crippen molar-refractivity contribution in [3.8, 4) is 0 Å². The fourth-order valence-electron chi connectivity index (χ4n) is 6.04. The number of unbranched alkanes of at least 4 members (excludes halogenated alkanes) is 24. The van der Waals surface area contributed by atoms with E-state index in [4.69, 9.17) is 0 Å². The number of allylic oxidation sites excluding steroid dienone is 2. The van der Waals surface area contributed by atoms with Crippen molar-refractivity contribution in [1.29, 1.82) is 0 Å². The van der Waals surface area contributed by atoms with Gasteiger partial charge in [-0.2, -0.15) is 0 Å². The predicted molar refractivity (Wildman–Crippen MR) is 191 cm³/mol. The molecule has 4 atom stereocenters. The summed E-state index contributed by atoms with van der Waals surface area (Å²) in [5.41, 5.74) is 0. The second kappa shape index (κ2) is 34.4. The van der Waals surface area contributed by atoms with Gasteiger partial charge < -0.3 is 25.7 Å². The van der Waals surface area contributed by atoms with Crippen LogP contribution in [0.25, 0.3) is 0 Å². The van der Waals surface area contributed by atoms with Gasteiger partial charge in [0, 0.05) is 0 Å². The van der Waals surface area contributed by atoms with Crippen LogP contribution in [0.1, 0.15) is 200 Å². The molecular weight excluding hydrogens is 562 g/mol. The molecule has 0 spiro atoms. The monoisotopic (exact) mass is 640 g/mol. The van der Waals surface area contributed by atoms with E-state index < -0.39 is 36.9 Å². The second-order valence-corrected chi connectivity index (χ2v) is 13.6. The van der Waals surface area contributed by atoms with E-state index in [1.807, 2.05) is 0 Å². The lowest BCUT2D eigenvalue weighted by molar-refractivity contribution is -0.132. The summed E-state index contributed by atoms with van der Waals surface area (Å²) >= 11 is 0. The van der Waals surface area contributed by atoms with Crippen molar-refractivity contribution in [2.24, 2.45) is 0 Å². The molecule has 0 fully saturated rings. The molecule has 0 aromatic heterocycles. The average Bonchev–Trinajstić information content (AvgIpc) is 3.04. The zero-order valence-corrected chi connectivity index (χ0v) is 29.9. The second-order valence-electron chi connectivity index (χ2n) is 13.6. The predicted octanol–water partition coefficient (Wildman–Crippen LogP) is 9.46. The molecule has 0 aliphatic heterocycles. The van der Waals surface area contributed by atoms with Crippen molar-refractivity contribution in [3.05, 3.63) is 12.2 Å². The summed E-state index contributed by atoms with van der Waals surface area (Å²) in [7, 11) is 0. The average molecular weight is 640 g/mol. The lowest BCUT2D eigenvalue weighted by Crippen LogP contribution is -2.53. The van der Waals surface area contributed by atoms with Crippen LogP contribution in [0, 0.1) is 0 Å². The van der Waals surface area contributed by atoms with Crippen LogP contribution >= 0.6 is 0 Å². The largest absolute Gasteiger partial charge is 0.394 e. The Balaban J connectivity index is 3.64. The number of aliphatic hydroxyl groups excluding tert-OH is 4. The van der Waals surface area contributed by atoms with Crippen LogP contribution in [0.15, 0.2) is 12.2 Å². The molecule has 268 valence electrons. The van der Waals surface area contributed by atoms with Gasteiger partial charge in [-0.25, -0.2) is 0 Å². The van der Waals surface area contributed by atoms with E-state index in [2.05, 4.69) is 31.3 Å². The first-order valence-corrected chi connectivity index (χ1v) is 19.6. The minimum atomic E-state index is -1.27. The summed E-state index contributed by atoms with van der Waals surface area (Å²) in [5.74, 6) is -0.595. The van der Waals surface area contributed by atoms with Gasteiger partial charge in [0.05, 0.1) is 18.8 Å². The molecule has 0 saturated heterocycles. The Labute approximate surface area is 279 Å². The van der Waals surface area contributed by atoms with Crippen LogP contribution in [0.4, 0.5) is 0 Å². The van der Waals surface area contributed by atoms with E-state index >= 15 is 0 Å². The molecule has 6 nitrogen and oxygen atoms in total. The number of amides is 1. The third-order valence-corrected chi connectivity index (χ3v) is 9.23. The lowest BCUT2D eigenvalue weighted by atomic mass is 10.00. The summed E-state index contributed by atoms with van der Waals surface area (Å²) in [5, 5.41) is 43.2. The molecule has 0 saturated carbocycles. The minimum Gasteiger partial charge on any atom is -0.394 e. The number of aliphatic hydroxyl groups is 4. The SMILES string of the molecule is CCCC/C=C/CCCC(O)C(O)C(CO)NC(=O)C(O)CCCCCCCCCCCCCCCCCCCCCCCC. The van der Waals surface area contributed by atoms with Crippen molar-refractivity contribution < 1.29 is 25.2 Å². The Morgan fingerprint density at radius 2 is 0.911 bits per heavy atom. The van der Waals surface area contributed by atoms with Crippen molar-refractivity contribution in [1.82, 2.24) is 5.32 Å². The maximum atomic E-state index is 12.4. The zero-order valence-electron chi connectivity index (χ0n) is 29.9. The number of carbonyl (C=O) groups excluding carboxylic acids is 1. The molecule has 0 aromatic rings. The van der Waals surface area contributed by atoms with Crippen LogP contribution in [0.3, 0.4) is 0 Å². The third-order valence-electron chi connectivity index (χ3n) is 9.23. The summed E-state index contributed by atoms with van der Waals surface area (Å²) < 4.78 is 0. The molecule has 0 aromatic carbocycles. The van der Waals surface area contributed by atoms with Crippen LogP contribution in [0.2, 0.25) is 0 Å². The highest BCUT2D eigenvalue weighted by molar-refractivity contribution is 5.80. The van der Waals surface area contributed by atoms with E-state index in [0.29, 0.717) is 12.8 Å². The van der Waals surface area contributed by atoms with Crippen LogP contribution < -0.4 is 5.32 Å². The number of hydrogen-bond donors (Lipinski definition) is 5. The summed E-state index contributed by atoms with van der Waals surface area (Å²) in [6.07, 6.45) is 35.6. The standard InChI is InChI=1S/C39H77NO5/c1-3-5-7-9-11-12-13-14-15-16-17-18-19-20-21-22-23-24-25-27-29-31-33-37(43)39(45)40-35(34-41)38(44)36(42)32-30-28-26-10-8-6-4-2/h10,26,35-38,41-44H,3-9,11-25,27-34H2,1-2H3,(H,40,45)/b26-10+. The number of nitrogens with one attached hydrogen (secondary N) is 1. The van der Waals surface area contributed by atoms with Gasteiger partial charge in [0.2, 0.25) is 5.91 Å². The van der Waals surface area contributed by atoms with E-state index in [1.54, 1.807) is 0 Å². The number of rotatable bonds is 35. The molecule has 0 rings (SSSR count). The Bertz CT molecular complexity index is 643. The Hall–Kier alpha value is -0.950. The van der Waals surface area contributed by atoms with E-state index in [0.717, 1.165) is 44.9 Å². The van der Waals surface area contributed by atoms with E-state index in [1.165, 1.54) is 128 Å². The van der Waals surface area contributed by atoms with Crippen LogP contribution in [-0.4, -0.2) is 57.3 Å². The molecule has 0 aliphatic rings. The molecule has 5 N–H and O–H groups in total. The van der Waals surface area contributed by atoms with Crippen LogP contribution in [-0.2, 0) is 4.79 Å². The molecule has 0 aliphatic carbocycles. The highest BCUT2D eigenvalue weighted by atomic mass is 16.3. The van der Waals surface area contributed by atoms with Gasteiger partial charge in [0.15, 0.2) is 0 Å². The quantitative estimate of drug-likeness (QED) is 0.0350. The maximum absolute atomic E-state index is 12.4. The Morgan fingerprint density at radius 1 is 0.533 bits per heavy atom. The molecule has 0 bridgehead atoms. The number of carbonyl (C=O) groups is 1. The van der Waals surface area contributed by atoms with E-state index in [-0.39, 0.29) is 0 Å². The molecular formula is C39H77NO5. The first kappa shape index (κ1) is 44.0. The summed E-state index contributed by atoms with van der Waals surface area (Å²) in [6.45, 7) is 3.95. The van der Waals surface area contributed by atoms with Gasteiger partial charge in [-0.05, 0) is 32.1 Å². The third kappa shape index (κ3) is 29.0. The summed E-state index contributed by atoms with van der Waals surface area (Å²) in [4.78, 5) is 12.4. The smallest absolute Gasteiger partial charge is 0.249 e. The Kier molecular flexibility index (Phi) is 33.7. The fourth-order valence-corrected chi connectivity index (χ4v) is 6.04. The molecule has 0 radical (unpaired) electrons. The van der Waals surface area contributed by atoms with Gasteiger partial charge in [-0.3, -0.25) is 4.79 Å². The maximum Gasteiger partial charge on any atom is 0.249 e. The first-order chi connectivity index (χ1) is 22.0. The van der Waals surface area contributed by atoms with Crippen molar-refractivity contribution in [2.75, 3.05) is 6.61 Å².